The predicted octanol–water partition coefficient (Wildman–Crippen LogP) is 2.37. The molecule has 0 radical (unpaired) electrons. The molecule has 0 saturated carbocycles. The van der Waals surface area contributed by atoms with Crippen molar-refractivity contribution in [3.63, 3.8) is 0 Å². The van der Waals surface area contributed by atoms with Crippen LogP contribution in [0.3, 0.4) is 0 Å². The second-order valence-corrected chi connectivity index (χ2v) is 5.97. The monoisotopic (exact) mass is 315 g/mol. The molecule has 18 heavy (non-hydrogen) atoms. The molecule has 100 valence electrons. The van der Waals surface area contributed by atoms with E-state index in [1.54, 1.807) is 39.0 Å². The van der Waals surface area contributed by atoms with Crippen LogP contribution in [0.2, 0.25) is 0 Å². The highest BCUT2D eigenvalue weighted by atomic mass is 79.9. The van der Waals surface area contributed by atoms with Gasteiger partial charge in [0.25, 0.3) is 0 Å². The van der Waals surface area contributed by atoms with Gasteiger partial charge in [0.05, 0.1) is 0 Å². The number of aromatic hydroxyl groups is 1. The van der Waals surface area contributed by atoms with Crippen LogP contribution in [0.5, 0.6) is 5.75 Å². The second kappa shape index (κ2) is 5.71. The highest BCUT2D eigenvalue weighted by Crippen LogP contribution is 2.23. The van der Waals surface area contributed by atoms with E-state index in [9.17, 15) is 9.90 Å². The first kappa shape index (κ1) is 15.0. The van der Waals surface area contributed by atoms with E-state index < -0.39 is 17.6 Å². The number of halogens is 1. The molecule has 0 amide bonds. The van der Waals surface area contributed by atoms with Crippen LogP contribution in [0.25, 0.3) is 0 Å². The smallest absolute Gasteiger partial charge is 0.323 e. The summed E-state index contributed by atoms with van der Waals surface area (Å²) in [5.74, 6) is -0.303. The van der Waals surface area contributed by atoms with Crippen LogP contribution >= 0.6 is 15.9 Å². The van der Waals surface area contributed by atoms with E-state index in [0.717, 1.165) is 10.0 Å². The van der Waals surface area contributed by atoms with Crippen molar-refractivity contribution < 1.29 is 14.6 Å². The lowest BCUT2D eigenvalue weighted by atomic mass is 10.1. The third kappa shape index (κ3) is 4.66. The van der Waals surface area contributed by atoms with Crippen LogP contribution < -0.4 is 5.73 Å². The first-order valence-electron chi connectivity index (χ1n) is 5.65. The van der Waals surface area contributed by atoms with Crippen LogP contribution in [-0.4, -0.2) is 22.7 Å². The summed E-state index contributed by atoms with van der Waals surface area (Å²) < 4.78 is 6.00. The number of carbonyl (C=O) groups excluding carboxylic acids is 1. The normalized spacial score (nSPS) is 13.2. The fourth-order valence-electron chi connectivity index (χ4n) is 1.42. The van der Waals surface area contributed by atoms with Crippen LogP contribution in [0.1, 0.15) is 26.3 Å². The summed E-state index contributed by atoms with van der Waals surface area (Å²) >= 11 is 3.35. The van der Waals surface area contributed by atoms with E-state index >= 15 is 0 Å². The molecule has 0 heterocycles. The summed E-state index contributed by atoms with van der Waals surface area (Å²) in [5, 5.41) is 9.40. The fraction of sp³-hybridized carbons (Fsp3) is 0.462. The minimum absolute atomic E-state index is 0.143. The van der Waals surface area contributed by atoms with Gasteiger partial charge in [-0.3, -0.25) is 4.79 Å². The topological polar surface area (TPSA) is 72.5 Å². The standard InChI is InChI=1S/C13H18BrNO3/c1-13(2,3)18-12(17)11(15)7-8-6-9(16)4-5-10(8)14/h4-6,11,16H,7,15H2,1-3H3/t11-/m0/s1. The Morgan fingerprint density at radius 1 is 1.50 bits per heavy atom. The van der Waals surface area contributed by atoms with E-state index in [-0.39, 0.29) is 5.75 Å². The Bertz CT molecular complexity index is 440. The second-order valence-electron chi connectivity index (χ2n) is 5.12. The Morgan fingerprint density at radius 3 is 2.67 bits per heavy atom. The zero-order valence-corrected chi connectivity index (χ0v) is 12.3. The van der Waals surface area contributed by atoms with Gasteiger partial charge in [0.15, 0.2) is 0 Å². The number of rotatable bonds is 3. The number of nitrogens with two attached hydrogens (primary N) is 1. The molecule has 1 aromatic carbocycles. The van der Waals surface area contributed by atoms with Crippen molar-refractivity contribution in [3.05, 3.63) is 28.2 Å². The molecule has 1 atom stereocenters. The number of carbonyl (C=O) groups is 1. The van der Waals surface area contributed by atoms with Gasteiger partial charge in [-0.2, -0.15) is 0 Å². The molecule has 0 unspecified atom stereocenters. The van der Waals surface area contributed by atoms with Crippen molar-refractivity contribution >= 4 is 21.9 Å². The molecule has 0 aliphatic carbocycles. The first-order chi connectivity index (χ1) is 8.19. The van der Waals surface area contributed by atoms with E-state index in [1.165, 1.54) is 0 Å². The molecule has 0 bridgehead atoms. The summed E-state index contributed by atoms with van der Waals surface area (Å²) in [7, 11) is 0. The zero-order chi connectivity index (χ0) is 13.9. The lowest BCUT2D eigenvalue weighted by Crippen LogP contribution is -2.38. The third-order valence-corrected chi connectivity index (χ3v) is 2.95. The Kier molecular flexibility index (Phi) is 4.76. The molecule has 5 heteroatoms. The van der Waals surface area contributed by atoms with E-state index in [1.807, 2.05) is 0 Å². The molecule has 0 aliphatic heterocycles. The van der Waals surface area contributed by atoms with Gasteiger partial charge in [-0.25, -0.2) is 0 Å². The van der Waals surface area contributed by atoms with Crippen molar-refractivity contribution in [1.29, 1.82) is 0 Å². The first-order valence-corrected chi connectivity index (χ1v) is 6.44. The number of hydrogen-bond acceptors (Lipinski definition) is 4. The molecule has 1 aromatic rings. The van der Waals surface area contributed by atoms with Crippen LogP contribution in [0.4, 0.5) is 0 Å². The fourth-order valence-corrected chi connectivity index (χ4v) is 1.82. The Hall–Kier alpha value is -1.07. The lowest BCUT2D eigenvalue weighted by Gasteiger charge is -2.22. The number of benzene rings is 1. The molecule has 0 saturated heterocycles. The Morgan fingerprint density at radius 2 is 2.11 bits per heavy atom. The summed E-state index contributed by atoms with van der Waals surface area (Å²) in [4.78, 5) is 11.7. The van der Waals surface area contributed by atoms with E-state index in [4.69, 9.17) is 10.5 Å². The van der Waals surface area contributed by atoms with Crippen molar-refractivity contribution in [2.24, 2.45) is 5.73 Å². The molecular weight excluding hydrogens is 298 g/mol. The Balaban J connectivity index is 2.72. The van der Waals surface area contributed by atoms with Gasteiger partial charge in [-0.15, -0.1) is 0 Å². The molecule has 0 fully saturated rings. The summed E-state index contributed by atoms with van der Waals surface area (Å²) in [6, 6.07) is 4.11. The minimum atomic E-state index is -0.748. The number of hydrogen-bond donors (Lipinski definition) is 2. The summed E-state index contributed by atoms with van der Waals surface area (Å²) in [6.45, 7) is 5.38. The van der Waals surface area contributed by atoms with Gasteiger partial charge < -0.3 is 15.6 Å². The van der Waals surface area contributed by atoms with Crippen molar-refractivity contribution in [3.8, 4) is 5.75 Å². The molecule has 4 nitrogen and oxygen atoms in total. The molecular formula is C13H18BrNO3. The molecule has 1 rings (SSSR count). The zero-order valence-electron chi connectivity index (χ0n) is 10.7. The quantitative estimate of drug-likeness (QED) is 0.840. The predicted molar refractivity (Wildman–Crippen MR) is 73.3 cm³/mol. The minimum Gasteiger partial charge on any atom is -0.508 e. The van der Waals surface area contributed by atoms with Gasteiger partial charge in [-0.05, 0) is 51.0 Å². The van der Waals surface area contributed by atoms with Gasteiger partial charge in [0.2, 0.25) is 0 Å². The maximum atomic E-state index is 11.7. The molecule has 0 aliphatic rings. The molecule has 0 aromatic heterocycles. The number of esters is 1. The summed E-state index contributed by atoms with van der Waals surface area (Å²) in [6.07, 6.45) is 0.309. The average molecular weight is 316 g/mol. The molecule has 0 spiro atoms. The van der Waals surface area contributed by atoms with Gasteiger partial charge in [0, 0.05) is 4.47 Å². The number of phenolic OH excluding ortho intramolecular Hbond substituents is 1. The van der Waals surface area contributed by atoms with Crippen molar-refractivity contribution in [2.45, 2.75) is 38.8 Å². The van der Waals surface area contributed by atoms with Gasteiger partial charge >= 0.3 is 5.97 Å². The van der Waals surface area contributed by atoms with Crippen LogP contribution in [0.15, 0.2) is 22.7 Å². The molecule has 3 N–H and O–H groups in total. The van der Waals surface area contributed by atoms with E-state index in [0.29, 0.717) is 6.42 Å². The number of ether oxygens (including phenoxy) is 1. The number of phenols is 1. The van der Waals surface area contributed by atoms with Crippen LogP contribution in [-0.2, 0) is 16.0 Å². The van der Waals surface area contributed by atoms with Gasteiger partial charge in [-0.1, -0.05) is 15.9 Å². The van der Waals surface area contributed by atoms with Crippen LogP contribution in [0, 0.1) is 0 Å². The van der Waals surface area contributed by atoms with Crippen molar-refractivity contribution in [1.82, 2.24) is 0 Å². The summed E-state index contributed by atoms with van der Waals surface area (Å²) in [5.41, 5.74) is 6.02. The van der Waals surface area contributed by atoms with Crippen molar-refractivity contribution in [2.75, 3.05) is 0 Å². The van der Waals surface area contributed by atoms with E-state index in [2.05, 4.69) is 15.9 Å². The largest absolute Gasteiger partial charge is 0.508 e. The highest BCUT2D eigenvalue weighted by molar-refractivity contribution is 9.10. The van der Waals surface area contributed by atoms with Gasteiger partial charge in [0.1, 0.15) is 17.4 Å². The maximum Gasteiger partial charge on any atom is 0.323 e. The highest BCUT2D eigenvalue weighted by Gasteiger charge is 2.23. The lowest BCUT2D eigenvalue weighted by molar-refractivity contribution is -0.156. The maximum absolute atomic E-state index is 11.7. The average Bonchev–Trinajstić information content (AvgIpc) is 2.21. The third-order valence-electron chi connectivity index (χ3n) is 2.18. The SMILES string of the molecule is CC(C)(C)OC(=O)[C@@H](N)Cc1cc(O)ccc1Br. The Labute approximate surface area is 115 Å².